The van der Waals surface area contributed by atoms with Crippen LogP contribution in [0.1, 0.15) is 20.7 Å². The van der Waals surface area contributed by atoms with Gasteiger partial charge < -0.3 is 30.9 Å². The second kappa shape index (κ2) is 13.4. The first kappa shape index (κ1) is 26.2. The Labute approximate surface area is 207 Å². The number of benzene rings is 3. The molecule has 0 amide bonds. The van der Waals surface area contributed by atoms with Gasteiger partial charge in [-0.3, -0.25) is 0 Å². The Morgan fingerprint density at radius 1 is 0.679 bits per heavy atom. The van der Waals surface area contributed by atoms with Crippen molar-refractivity contribution in [1.29, 1.82) is 0 Å². The summed E-state index contributed by atoms with van der Waals surface area (Å²) in [5.74, 6) is -2.42. The molecule has 0 radical (unpaired) electrons. The number of nitrogens with two attached hydrogens (primary N) is 1. The molecule has 0 saturated carbocycles. The van der Waals surface area contributed by atoms with E-state index < -0.39 is 11.9 Å². The molecule has 0 aliphatic rings. The Bertz CT molecular complexity index is 905. The minimum Gasteiger partial charge on any atom is -0.545 e. The summed E-state index contributed by atoms with van der Waals surface area (Å²) < 4.78 is 0. The third-order valence-corrected chi connectivity index (χ3v) is 3.38. The Kier molecular flexibility index (Phi) is 12.5. The van der Waals surface area contributed by atoms with Crippen LogP contribution in [0.3, 0.4) is 0 Å². The maximum Gasteiger partial charge on any atom is 1.00 e. The first-order valence-electron chi connectivity index (χ1n) is 7.67. The van der Waals surface area contributed by atoms with Gasteiger partial charge in [-0.25, -0.2) is 0 Å². The number of aromatic carboxylic acids is 2. The molecule has 0 aliphatic heterocycles. The van der Waals surface area contributed by atoms with E-state index >= 15 is 0 Å². The van der Waals surface area contributed by atoms with Crippen LogP contribution in [-0.4, -0.2) is 11.9 Å². The topological polar surface area (TPSA) is 118 Å². The van der Waals surface area contributed by atoms with Crippen molar-refractivity contribution in [3.05, 3.63) is 90.0 Å². The second-order valence-corrected chi connectivity index (χ2v) is 5.20. The molecule has 0 atom stereocenters. The number of hydrogen-bond acceptors (Lipinski definition) is 6. The van der Waals surface area contributed by atoms with Gasteiger partial charge in [0.2, 0.25) is 0 Å². The molecule has 6 nitrogen and oxygen atoms in total. The average molecular weight is 394 g/mol. The second-order valence-electron chi connectivity index (χ2n) is 5.20. The average Bonchev–Trinajstić information content (AvgIpc) is 2.63. The van der Waals surface area contributed by atoms with Gasteiger partial charge in [-0.2, -0.15) is 0 Å². The van der Waals surface area contributed by atoms with E-state index in [0.29, 0.717) is 5.69 Å². The van der Waals surface area contributed by atoms with Crippen LogP contribution >= 0.6 is 0 Å². The van der Waals surface area contributed by atoms with Crippen molar-refractivity contribution in [1.82, 2.24) is 0 Å². The fourth-order valence-electron chi connectivity index (χ4n) is 2.13. The number of hydrogen-bond donors (Lipinski definition) is 2. The first-order chi connectivity index (χ1) is 12.5. The number of nitrogens with one attached hydrogen (secondary N) is 1. The number of nitrogen functional groups attached to an aromatic ring is 1. The zero-order chi connectivity index (χ0) is 18.9. The summed E-state index contributed by atoms with van der Waals surface area (Å²) in [4.78, 5) is 21.1. The van der Waals surface area contributed by atoms with E-state index in [1.165, 1.54) is 18.2 Å². The van der Waals surface area contributed by atoms with Gasteiger partial charge in [0.05, 0.1) is 11.9 Å². The predicted molar refractivity (Wildman–Crippen MR) is 95.7 cm³/mol. The molecular formula is C20H16N2Na2O4. The van der Waals surface area contributed by atoms with Crippen molar-refractivity contribution in [2.75, 3.05) is 11.1 Å². The molecule has 0 spiro atoms. The van der Waals surface area contributed by atoms with Crippen molar-refractivity contribution in [3.8, 4) is 0 Å². The molecule has 0 unspecified atom stereocenters. The van der Waals surface area contributed by atoms with Gasteiger partial charge in [0.25, 0.3) is 0 Å². The Morgan fingerprint density at radius 2 is 1.14 bits per heavy atom. The van der Waals surface area contributed by atoms with Gasteiger partial charge in [-0.15, -0.1) is 0 Å². The molecule has 0 aromatic heterocycles. The molecule has 3 rings (SSSR count). The Balaban J connectivity index is 0.000000532. The SMILES string of the molecule is Nc1ccccc1C(=O)[O-].O=C([O-])c1ccccc1Nc1ccccc1.[Na+].[Na+]. The van der Waals surface area contributed by atoms with E-state index in [1.807, 2.05) is 30.3 Å². The number of anilines is 3. The Morgan fingerprint density at radius 3 is 1.64 bits per heavy atom. The van der Waals surface area contributed by atoms with E-state index in [-0.39, 0.29) is 75.9 Å². The van der Waals surface area contributed by atoms with Crippen LogP contribution in [0, 0.1) is 0 Å². The van der Waals surface area contributed by atoms with Crippen LogP contribution in [-0.2, 0) is 0 Å². The summed E-state index contributed by atoms with van der Waals surface area (Å²) in [6.07, 6.45) is 0. The van der Waals surface area contributed by atoms with Crippen LogP contribution in [0.5, 0.6) is 0 Å². The van der Waals surface area contributed by atoms with Crippen molar-refractivity contribution >= 4 is 29.0 Å². The standard InChI is InChI=1S/C13H11NO2.C7H7NO2.2Na/c15-13(16)11-8-4-5-9-12(11)14-10-6-2-1-3-7-10;8-6-4-2-1-3-5(6)7(9)10;;/h1-9,14H,(H,15,16);1-4H,8H2,(H,9,10);;/q;;2*+1/p-2. The minimum atomic E-state index is -1.24. The number of carbonyl (C=O) groups excluding carboxylic acids is 2. The monoisotopic (exact) mass is 394 g/mol. The molecule has 3 aromatic carbocycles. The molecule has 28 heavy (non-hydrogen) atoms. The van der Waals surface area contributed by atoms with E-state index in [0.717, 1.165) is 5.69 Å². The van der Waals surface area contributed by atoms with Crippen molar-refractivity contribution < 1.29 is 78.9 Å². The predicted octanol–water partition coefficient (Wildman–Crippen LogP) is -4.57. The fraction of sp³-hybridized carbons (Fsp3) is 0. The largest absolute Gasteiger partial charge is 1.00 e. The van der Waals surface area contributed by atoms with E-state index in [4.69, 9.17) is 5.73 Å². The third kappa shape index (κ3) is 8.06. The van der Waals surface area contributed by atoms with Gasteiger partial charge in [0, 0.05) is 28.2 Å². The maximum atomic E-state index is 10.9. The molecule has 132 valence electrons. The number of para-hydroxylation sites is 3. The number of carbonyl (C=O) groups is 2. The van der Waals surface area contributed by atoms with Crippen LogP contribution in [0.4, 0.5) is 17.1 Å². The molecule has 0 heterocycles. The van der Waals surface area contributed by atoms with Crippen LogP contribution in [0.25, 0.3) is 0 Å². The summed E-state index contributed by atoms with van der Waals surface area (Å²) >= 11 is 0. The molecule has 3 aromatic rings. The number of rotatable bonds is 4. The zero-order valence-corrected chi connectivity index (χ0v) is 19.7. The fourth-order valence-corrected chi connectivity index (χ4v) is 2.13. The molecule has 0 fully saturated rings. The summed E-state index contributed by atoms with van der Waals surface area (Å²) in [6.45, 7) is 0. The van der Waals surface area contributed by atoms with Crippen molar-refractivity contribution in [2.24, 2.45) is 0 Å². The zero-order valence-electron chi connectivity index (χ0n) is 15.7. The van der Waals surface area contributed by atoms with E-state index in [2.05, 4.69) is 5.32 Å². The molecule has 0 bridgehead atoms. The minimum absolute atomic E-state index is 0. The van der Waals surface area contributed by atoms with Gasteiger partial charge in [0.15, 0.2) is 0 Å². The summed E-state index contributed by atoms with van der Waals surface area (Å²) in [7, 11) is 0. The van der Waals surface area contributed by atoms with Gasteiger partial charge in [-0.05, 0) is 24.3 Å². The summed E-state index contributed by atoms with van der Waals surface area (Å²) in [5, 5.41) is 24.1. The molecule has 0 aliphatic carbocycles. The van der Waals surface area contributed by atoms with Crippen molar-refractivity contribution in [3.63, 3.8) is 0 Å². The number of carboxylic acids is 2. The van der Waals surface area contributed by atoms with Crippen LogP contribution in [0.2, 0.25) is 0 Å². The smallest absolute Gasteiger partial charge is 0.545 e. The van der Waals surface area contributed by atoms with Gasteiger partial charge in [0.1, 0.15) is 0 Å². The molecule has 0 saturated heterocycles. The van der Waals surface area contributed by atoms with Crippen LogP contribution in [0.15, 0.2) is 78.9 Å². The molecule has 3 N–H and O–H groups in total. The number of carboxylic acid groups (broad SMARTS) is 2. The summed E-state index contributed by atoms with van der Waals surface area (Å²) in [6, 6.07) is 22.2. The van der Waals surface area contributed by atoms with E-state index in [9.17, 15) is 19.8 Å². The summed E-state index contributed by atoms with van der Waals surface area (Å²) in [5.41, 5.74) is 7.12. The first-order valence-corrected chi connectivity index (χ1v) is 7.67. The normalized spacial score (nSPS) is 8.86. The third-order valence-electron chi connectivity index (χ3n) is 3.38. The van der Waals surface area contributed by atoms with Crippen molar-refractivity contribution in [2.45, 2.75) is 0 Å². The van der Waals surface area contributed by atoms with Crippen LogP contribution < -0.4 is 80.4 Å². The molecule has 8 heteroatoms. The van der Waals surface area contributed by atoms with Gasteiger partial charge >= 0.3 is 59.1 Å². The van der Waals surface area contributed by atoms with Gasteiger partial charge in [-0.1, -0.05) is 54.6 Å². The molecular weight excluding hydrogens is 378 g/mol. The van der Waals surface area contributed by atoms with E-state index in [1.54, 1.807) is 30.3 Å². The quantitative estimate of drug-likeness (QED) is 0.340. The Hall–Kier alpha value is -1.80. The maximum absolute atomic E-state index is 10.9.